The summed E-state index contributed by atoms with van der Waals surface area (Å²) in [5, 5.41) is 14.6. The fourth-order valence-electron chi connectivity index (χ4n) is 2.56. The Hall–Kier alpha value is -3.09. The predicted molar refractivity (Wildman–Crippen MR) is 91.5 cm³/mol. The van der Waals surface area contributed by atoms with E-state index in [0.29, 0.717) is 12.3 Å². The van der Waals surface area contributed by atoms with Crippen molar-refractivity contribution in [3.05, 3.63) is 64.3 Å². The summed E-state index contributed by atoms with van der Waals surface area (Å²) in [6, 6.07) is 12.8. The Balaban J connectivity index is 1.88. The number of ether oxygens (including phenoxy) is 1. The molecular formula is C17H18N4O3. The number of rotatable bonds is 6. The zero-order valence-electron chi connectivity index (χ0n) is 13.5. The maximum Gasteiger partial charge on any atom is 0.372 e. The smallest absolute Gasteiger partial charge is 0.372 e. The largest absolute Gasteiger partial charge is 0.494 e. The lowest BCUT2D eigenvalue weighted by Crippen LogP contribution is -2.08. The Bertz CT molecular complexity index is 858. The Morgan fingerprint density at radius 1 is 1.29 bits per heavy atom. The number of nitrogens with zero attached hydrogens (tertiary/aromatic N) is 3. The summed E-state index contributed by atoms with van der Waals surface area (Å²) in [5.41, 5.74) is 1.52. The summed E-state index contributed by atoms with van der Waals surface area (Å²) in [4.78, 5) is 15.3. The van der Waals surface area contributed by atoms with Crippen molar-refractivity contribution >= 4 is 17.3 Å². The van der Waals surface area contributed by atoms with Crippen molar-refractivity contribution in [1.82, 2.24) is 9.38 Å². The summed E-state index contributed by atoms with van der Waals surface area (Å²) in [7, 11) is 0. The molecule has 0 amide bonds. The van der Waals surface area contributed by atoms with Crippen LogP contribution >= 0.6 is 0 Å². The number of aromatic nitrogens is 2. The highest BCUT2D eigenvalue weighted by atomic mass is 16.6. The first-order valence-electron chi connectivity index (χ1n) is 7.71. The number of hydrogen-bond donors (Lipinski definition) is 1. The SMILES string of the molecule is CCOc1ccc(C(C)Nc2nc3ccccn3c2[N+](=O)[O-])cc1. The highest BCUT2D eigenvalue weighted by Crippen LogP contribution is 2.29. The molecule has 0 aliphatic rings. The predicted octanol–water partition coefficient (Wildman–Crippen LogP) is 3.81. The zero-order valence-corrected chi connectivity index (χ0v) is 13.5. The monoisotopic (exact) mass is 326 g/mol. The molecule has 0 fully saturated rings. The summed E-state index contributed by atoms with van der Waals surface area (Å²) >= 11 is 0. The van der Waals surface area contributed by atoms with Crippen LogP contribution in [-0.4, -0.2) is 20.9 Å². The molecule has 2 aromatic heterocycles. The van der Waals surface area contributed by atoms with Gasteiger partial charge >= 0.3 is 5.82 Å². The van der Waals surface area contributed by atoms with Crippen molar-refractivity contribution in [2.45, 2.75) is 19.9 Å². The third kappa shape index (κ3) is 3.01. The van der Waals surface area contributed by atoms with Crippen LogP contribution in [0.4, 0.5) is 11.6 Å². The van der Waals surface area contributed by atoms with E-state index in [4.69, 9.17) is 4.74 Å². The first-order valence-corrected chi connectivity index (χ1v) is 7.71. The molecular weight excluding hydrogens is 308 g/mol. The molecule has 3 aromatic rings. The number of nitrogens with one attached hydrogen (secondary N) is 1. The number of nitro groups is 1. The van der Waals surface area contributed by atoms with Crippen molar-refractivity contribution in [3.8, 4) is 5.75 Å². The van der Waals surface area contributed by atoms with Gasteiger partial charge in [-0.2, -0.15) is 9.38 Å². The van der Waals surface area contributed by atoms with E-state index in [1.165, 1.54) is 4.40 Å². The van der Waals surface area contributed by atoms with E-state index in [9.17, 15) is 10.1 Å². The van der Waals surface area contributed by atoms with Gasteiger partial charge in [0.15, 0.2) is 0 Å². The minimum Gasteiger partial charge on any atom is -0.494 e. The van der Waals surface area contributed by atoms with Crippen LogP contribution in [0.2, 0.25) is 0 Å². The van der Waals surface area contributed by atoms with Gasteiger partial charge in [-0.05, 0) is 42.5 Å². The molecule has 0 saturated carbocycles. The fraction of sp³-hybridized carbons (Fsp3) is 0.235. The van der Waals surface area contributed by atoms with Crippen molar-refractivity contribution in [1.29, 1.82) is 0 Å². The van der Waals surface area contributed by atoms with Gasteiger partial charge < -0.3 is 20.2 Å². The molecule has 124 valence electrons. The lowest BCUT2D eigenvalue weighted by Gasteiger charge is -2.14. The van der Waals surface area contributed by atoms with Gasteiger partial charge in [-0.15, -0.1) is 0 Å². The highest BCUT2D eigenvalue weighted by Gasteiger charge is 2.23. The number of imidazole rings is 1. The Kier molecular flexibility index (Phi) is 4.33. The average molecular weight is 326 g/mol. The summed E-state index contributed by atoms with van der Waals surface area (Å²) in [5.74, 6) is 0.989. The second-order valence-corrected chi connectivity index (χ2v) is 5.34. The van der Waals surface area contributed by atoms with E-state index in [0.717, 1.165) is 11.3 Å². The van der Waals surface area contributed by atoms with Crippen LogP contribution in [0.1, 0.15) is 25.5 Å². The summed E-state index contributed by atoms with van der Waals surface area (Å²) in [6.45, 7) is 4.48. The van der Waals surface area contributed by atoms with Crippen LogP contribution in [0.15, 0.2) is 48.7 Å². The summed E-state index contributed by atoms with van der Waals surface area (Å²) in [6.07, 6.45) is 1.63. The van der Waals surface area contributed by atoms with Crippen molar-refractivity contribution in [2.75, 3.05) is 11.9 Å². The standard InChI is InChI=1S/C17H18N4O3/c1-3-24-14-9-7-13(8-10-14)12(2)18-16-17(21(22)23)20-11-5-4-6-15(20)19-16/h4-12,18H,3H2,1-2H3. The molecule has 0 spiro atoms. The van der Waals surface area contributed by atoms with Crippen molar-refractivity contribution in [3.63, 3.8) is 0 Å². The minimum absolute atomic E-state index is 0.0663. The van der Waals surface area contributed by atoms with E-state index in [-0.39, 0.29) is 17.7 Å². The fourth-order valence-corrected chi connectivity index (χ4v) is 2.56. The first-order chi connectivity index (χ1) is 11.6. The van der Waals surface area contributed by atoms with E-state index in [1.54, 1.807) is 24.4 Å². The third-order valence-electron chi connectivity index (χ3n) is 3.72. The van der Waals surface area contributed by atoms with Gasteiger partial charge in [-0.3, -0.25) is 0 Å². The van der Waals surface area contributed by atoms with Crippen LogP contribution < -0.4 is 10.1 Å². The Labute approximate surface area is 139 Å². The molecule has 1 N–H and O–H groups in total. The number of benzene rings is 1. The molecule has 3 rings (SSSR count). The number of fused-ring (bicyclic) bond motifs is 1. The van der Waals surface area contributed by atoms with Crippen LogP contribution in [-0.2, 0) is 0 Å². The van der Waals surface area contributed by atoms with Gasteiger partial charge in [-0.25, -0.2) is 0 Å². The lowest BCUT2D eigenvalue weighted by atomic mass is 10.1. The average Bonchev–Trinajstić information content (AvgIpc) is 2.93. The van der Waals surface area contributed by atoms with E-state index >= 15 is 0 Å². The molecule has 24 heavy (non-hydrogen) atoms. The van der Waals surface area contributed by atoms with Crippen LogP contribution in [0.3, 0.4) is 0 Å². The molecule has 0 bridgehead atoms. The van der Waals surface area contributed by atoms with E-state index in [2.05, 4.69) is 10.3 Å². The van der Waals surface area contributed by atoms with Gasteiger partial charge in [0.1, 0.15) is 5.75 Å². The molecule has 1 unspecified atom stereocenters. The van der Waals surface area contributed by atoms with Crippen molar-refractivity contribution < 1.29 is 9.66 Å². The van der Waals surface area contributed by atoms with Gasteiger partial charge in [0, 0.05) is 6.07 Å². The Morgan fingerprint density at radius 2 is 2.04 bits per heavy atom. The van der Waals surface area contributed by atoms with Crippen LogP contribution in [0, 0.1) is 10.1 Å². The van der Waals surface area contributed by atoms with Crippen molar-refractivity contribution in [2.24, 2.45) is 0 Å². The minimum atomic E-state index is -0.423. The molecule has 7 nitrogen and oxygen atoms in total. The topological polar surface area (TPSA) is 81.7 Å². The molecule has 1 atom stereocenters. The highest BCUT2D eigenvalue weighted by molar-refractivity contribution is 5.62. The van der Waals surface area contributed by atoms with Crippen LogP contribution in [0.25, 0.3) is 5.65 Å². The quantitative estimate of drug-likeness (QED) is 0.550. The second kappa shape index (κ2) is 6.57. The second-order valence-electron chi connectivity index (χ2n) is 5.34. The van der Waals surface area contributed by atoms with E-state index < -0.39 is 4.92 Å². The summed E-state index contributed by atoms with van der Waals surface area (Å²) < 4.78 is 6.89. The van der Waals surface area contributed by atoms with Crippen LogP contribution in [0.5, 0.6) is 5.75 Å². The number of anilines is 1. The molecule has 0 aliphatic heterocycles. The van der Waals surface area contributed by atoms with Gasteiger partial charge in [-0.1, -0.05) is 18.2 Å². The maximum atomic E-state index is 11.4. The molecule has 1 aromatic carbocycles. The lowest BCUT2D eigenvalue weighted by molar-refractivity contribution is -0.389. The molecule has 0 saturated heterocycles. The third-order valence-corrected chi connectivity index (χ3v) is 3.72. The number of hydrogen-bond acceptors (Lipinski definition) is 5. The molecule has 7 heteroatoms. The first kappa shape index (κ1) is 15.8. The molecule has 0 aliphatic carbocycles. The zero-order chi connectivity index (χ0) is 17.1. The van der Waals surface area contributed by atoms with Gasteiger partial charge in [0.05, 0.1) is 18.8 Å². The maximum absolute atomic E-state index is 11.4. The van der Waals surface area contributed by atoms with Gasteiger partial charge in [0.25, 0.3) is 0 Å². The molecule has 0 radical (unpaired) electrons. The number of pyridine rings is 1. The van der Waals surface area contributed by atoms with Gasteiger partial charge in [0.2, 0.25) is 11.5 Å². The molecule has 2 heterocycles. The normalized spacial score (nSPS) is 12.1. The Morgan fingerprint density at radius 3 is 2.71 bits per heavy atom. The van der Waals surface area contributed by atoms with E-state index in [1.807, 2.05) is 38.1 Å².